The summed E-state index contributed by atoms with van der Waals surface area (Å²) >= 11 is 0. The number of alkyl carbamates (subject to hydrolysis) is 1. The topological polar surface area (TPSA) is 114 Å². The Bertz CT molecular complexity index is 1190. The van der Waals surface area contributed by atoms with Crippen LogP contribution in [0.5, 0.6) is 0 Å². The summed E-state index contributed by atoms with van der Waals surface area (Å²) in [4.78, 5) is 53.7. The molecule has 39 heavy (non-hydrogen) atoms. The van der Waals surface area contributed by atoms with E-state index in [1.54, 1.807) is 51.1 Å². The number of nitrogens with zero attached hydrogens (tertiary/aromatic N) is 2. The first-order chi connectivity index (χ1) is 18.5. The van der Waals surface area contributed by atoms with Gasteiger partial charge in [-0.05, 0) is 50.5 Å². The van der Waals surface area contributed by atoms with Gasteiger partial charge in [-0.15, -0.1) is 6.58 Å². The molecule has 2 aromatic carbocycles. The van der Waals surface area contributed by atoms with E-state index in [4.69, 9.17) is 14.2 Å². The average Bonchev–Trinajstić information content (AvgIpc) is 2.90. The molecule has 0 saturated carbocycles. The number of ether oxygens (including phenoxy) is 3. The Morgan fingerprint density at radius 1 is 1.13 bits per heavy atom. The number of hydrogen-bond acceptors (Lipinski definition) is 7. The Hall–Kier alpha value is -4.34. The number of esters is 1. The molecule has 10 heteroatoms. The summed E-state index contributed by atoms with van der Waals surface area (Å²) in [7, 11) is 1.22. The number of amides is 3. The predicted octanol–water partition coefficient (Wildman–Crippen LogP) is 4.36. The third-order valence-electron chi connectivity index (χ3n) is 5.88. The maximum Gasteiger partial charge on any atom is 0.410 e. The fraction of sp³-hybridized carbons (Fsp3) is 0.379. The molecule has 3 amide bonds. The lowest BCUT2D eigenvalue weighted by molar-refractivity contribution is -0.145. The van der Waals surface area contributed by atoms with E-state index in [1.165, 1.54) is 16.9 Å². The lowest BCUT2D eigenvalue weighted by Crippen LogP contribution is -2.61. The molecule has 2 aromatic rings. The lowest BCUT2D eigenvalue weighted by atomic mass is 10.0. The molecule has 1 fully saturated rings. The fourth-order valence-corrected chi connectivity index (χ4v) is 4.12. The van der Waals surface area contributed by atoms with Crippen LogP contribution in [0.2, 0.25) is 0 Å². The second kappa shape index (κ2) is 12.9. The van der Waals surface area contributed by atoms with Crippen molar-refractivity contribution in [1.82, 2.24) is 10.2 Å². The van der Waals surface area contributed by atoms with Gasteiger partial charge in [0.25, 0.3) is 0 Å². The van der Waals surface area contributed by atoms with E-state index >= 15 is 0 Å². The third kappa shape index (κ3) is 8.07. The van der Waals surface area contributed by atoms with Crippen molar-refractivity contribution in [2.24, 2.45) is 0 Å². The van der Waals surface area contributed by atoms with Gasteiger partial charge in [0.05, 0.1) is 19.7 Å². The maximum atomic E-state index is 13.3. The van der Waals surface area contributed by atoms with Crippen molar-refractivity contribution in [2.45, 2.75) is 51.5 Å². The first-order valence-electron chi connectivity index (χ1n) is 12.6. The molecule has 10 nitrogen and oxygen atoms in total. The van der Waals surface area contributed by atoms with Crippen LogP contribution in [-0.2, 0) is 30.4 Å². The van der Waals surface area contributed by atoms with Gasteiger partial charge in [0.2, 0.25) is 5.91 Å². The smallest absolute Gasteiger partial charge is 0.410 e. The first-order valence-corrected chi connectivity index (χ1v) is 12.6. The maximum absolute atomic E-state index is 13.3. The number of methoxy groups -OCH3 is 1. The lowest BCUT2D eigenvalue weighted by Gasteiger charge is -2.39. The first kappa shape index (κ1) is 29.2. The minimum absolute atomic E-state index is 0.0995. The SMILES string of the molecule is C=CC[C@H](NC(=O)OCc1ccccc1)c1cccc(N2C(=O)CN(C(=O)OC(C)(C)C)CC2C(=O)OC)c1. The van der Waals surface area contributed by atoms with Gasteiger partial charge in [-0.1, -0.05) is 48.5 Å². The van der Waals surface area contributed by atoms with E-state index in [1.807, 2.05) is 30.3 Å². The molecule has 0 aliphatic carbocycles. The van der Waals surface area contributed by atoms with Gasteiger partial charge in [-0.3, -0.25) is 14.6 Å². The molecule has 0 bridgehead atoms. The number of carbonyl (C=O) groups is 4. The summed E-state index contributed by atoms with van der Waals surface area (Å²) in [6.45, 7) is 8.68. The van der Waals surface area contributed by atoms with Crippen molar-refractivity contribution >= 4 is 29.8 Å². The van der Waals surface area contributed by atoms with Crippen molar-refractivity contribution in [3.63, 3.8) is 0 Å². The standard InChI is InChI=1S/C29H35N3O7/c1-6-11-23(30-27(35)38-19-20-12-8-7-9-13-20)21-14-10-15-22(16-21)32-24(26(34)37-5)17-31(18-25(32)33)28(36)39-29(2,3)4/h6-10,12-16,23-24H,1,11,17-19H2,2-5H3,(H,30,35)/t23-,24?/m0/s1. The number of anilines is 1. The summed E-state index contributed by atoms with van der Waals surface area (Å²) in [5.41, 5.74) is 1.19. The van der Waals surface area contributed by atoms with Crippen molar-refractivity contribution in [1.29, 1.82) is 0 Å². The van der Waals surface area contributed by atoms with E-state index < -0.39 is 41.7 Å². The van der Waals surface area contributed by atoms with Crippen LogP contribution in [-0.4, -0.2) is 60.8 Å². The van der Waals surface area contributed by atoms with Crippen LogP contribution >= 0.6 is 0 Å². The molecule has 1 aliphatic heterocycles. The summed E-state index contributed by atoms with van der Waals surface area (Å²) in [5, 5.41) is 2.84. The minimum atomic E-state index is -1.08. The zero-order chi connectivity index (χ0) is 28.6. The van der Waals surface area contributed by atoms with E-state index in [-0.39, 0.29) is 19.7 Å². The van der Waals surface area contributed by atoms with E-state index in [0.717, 1.165) is 5.56 Å². The van der Waals surface area contributed by atoms with Crippen molar-refractivity contribution in [2.75, 3.05) is 25.1 Å². The van der Waals surface area contributed by atoms with E-state index in [0.29, 0.717) is 17.7 Å². The highest BCUT2D eigenvalue weighted by Crippen LogP contribution is 2.28. The molecule has 1 heterocycles. The van der Waals surface area contributed by atoms with Crippen molar-refractivity contribution < 1.29 is 33.4 Å². The number of piperazine rings is 1. The Morgan fingerprint density at radius 2 is 1.85 bits per heavy atom. The normalized spacial score (nSPS) is 16.2. The summed E-state index contributed by atoms with van der Waals surface area (Å²) in [5.74, 6) is -1.15. The second-order valence-electron chi connectivity index (χ2n) is 10.0. The van der Waals surface area contributed by atoms with Crippen LogP contribution in [0.25, 0.3) is 0 Å². The van der Waals surface area contributed by atoms with E-state index in [9.17, 15) is 19.2 Å². The van der Waals surface area contributed by atoms with Crippen molar-refractivity contribution in [3.8, 4) is 0 Å². The minimum Gasteiger partial charge on any atom is -0.467 e. The molecule has 3 rings (SSSR count). The zero-order valence-corrected chi connectivity index (χ0v) is 22.7. The Morgan fingerprint density at radius 3 is 2.49 bits per heavy atom. The third-order valence-corrected chi connectivity index (χ3v) is 5.88. The van der Waals surface area contributed by atoms with Gasteiger partial charge in [-0.25, -0.2) is 14.4 Å². The highest BCUT2D eigenvalue weighted by molar-refractivity contribution is 6.03. The Labute approximate surface area is 228 Å². The molecule has 1 aliphatic rings. The zero-order valence-electron chi connectivity index (χ0n) is 22.7. The average molecular weight is 538 g/mol. The predicted molar refractivity (Wildman–Crippen MR) is 145 cm³/mol. The highest BCUT2D eigenvalue weighted by atomic mass is 16.6. The van der Waals surface area contributed by atoms with Crippen LogP contribution < -0.4 is 10.2 Å². The van der Waals surface area contributed by atoms with Crippen molar-refractivity contribution in [3.05, 3.63) is 78.4 Å². The Balaban J connectivity index is 1.80. The highest BCUT2D eigenvalue weighted by Gasteiger charge is 2.41. The van der Waals surface area contributed by atoms with Crippen LogP contribution in [0, 0.1) is 0 Å². The van der Waals surface area contributed by atoms with Crippen LogP contribution in [0.1, 0.15) is 44.4 Å². The molecular formula is C29H35N3O7. The summed E-state index contributed by atoms with van der Waals surface area (Å²) in [6, 6.07) is 14.6. The molecule has 0 aromatic heterocycles. The molecular weight excluding hydrogens is 502 g/mol. The van der Waals surface area contributed by atoms with Crippen LogP contribution in [0.4, 0.5) is 15.3 Å². The van der Waals surface area contributed by atoms with Gasteiger partial charge in [0, 0.05) is 5.69 Å². The van der Waals surface area contributed by atoms with Gasteiger partial charge >= 0.3 is 18.2 Å². The quantitative estimate of drug-likeness (QED) is 0.302. The van der Waals surface area contributed by atoms with E-state index in [2.05, 4.69) is 11.9 Å². The van der Waals surface area contributed by atoms with Crippen LogP contribution in [0.3, 0.4) is 0 Å². The number of nitrogens with one attached hydrogen (secondary N) is 1. The number of carbonyl (C=O) groups excluding carboxylic acids is 4. The second-order valence-corrected chi connectivity index (χ2v) is 10.0. The Kier molecular flexibility index (Phi) is 9.70. The molecule has 0 spiro atoms. The largest absolute Gasteiger partial charge is 0.467 e. The van der Waals surface area contributed by atoms with Gasteiger partial charge in [0.15, 0.2) is 6.04 Å². The van der Waals surface area contributed by atoms with Gasteiger partial charge in [0.1, 0.15) is 18.8 Å². The number of rotatable bonds is 8. The molecule has 1 saturated heterocycles. The summed E-state index contributed by atoms with van der Waals surface area (Å²) < 4.78 is 15.7. The molecule has 1 N–H and O–H groups in total. The van der Waals surface area contributed by atoms with Gasteiger partial charge < -0.3 is 19.5 Å². The number of benzene rings is 2. The molecule has 2 atom stereocenters. The van der Waals surface area contributed by atoms with Crippen LogP contribution in [0.15, 0.2) is 67.3 Å². The monoisotopic (exact) mass is 537 g/mol. The fourth-order valence-electron chi connectivity index (χ4n) is 4.12. The molecule has 1 unspecified atom stereocenters. The number of hydrogen-bond donors (Lipinski definition) is 1. The molecule has 208 valence electrons. The molecule has 0 radical (unpaired) electrons. The van der Waals surface area contributed by atoms with Gasteiger partial charge in [-0.2, -0.15) is 0 Å². The summed E-state index contributed by atoms with van der Waals surface area (Å²) in [6.07, 6.45) is 0.759.